The van der Waals surface area contributed by atoms with Gasteiger partial charge in [0.2, 0.25) is 0 Å². The third kappa shape index (κ3) is 3.86. The molecule has 5 heteroatoms. The number of anilines is 3. The topological polar surface area (TPSA) is 46.5 Å². The molecule has 0 fully saturated rings. The van der Waals surface area contributed by atoms with Crippen molar-refractivity contribution in [3.8, 4) is 5.69 Å². The van der Waals surface area contributed by atoms with Gasteiger partial charge in [-0.3, -0.25) is 4.99 Å². The molecule has 0 amide bonds. The molecule has 39 heavy (non-hydrogen) atoms. The minimum Gasteiger partial charge on any atom is -0.396 e. The largest absolute Gasteiger partial charge is 0.396 e. The van der Waals surface area contributed by atoms with Gasteiger partial charge in [-0.1, -0.05) is 66.7 Å². The highest BCUT2D eigenvalue weighted by atomic mass is 19.1. The fourth-order valence-electron chi connectivity index (χ4n) is 5.98. The maximum atomic E-state index is 13.2. The fraction of sp³-hybridized carbons (Fsp3) is 0.0882. The van der Waals surface area contributed by atoms with Crippen molar-refractivity contribution in [3.63, 3.8) is 0 Å². The van der Waals surface area contributed by atoms with Crippen LogP contribution in [0.25, 0.3) is 22.7 Å². The van der Waals surface area contributed by atoms with Gasteiger partial charge >= 0.3 is 0 Å². The van der Waals surface area contributed by atoms with Crippen LogP contribution in [0.15, 0.2) is 121 Å². The molecule has 3 heterocycles. The number of hydrogen-bond donors (Lipinski definition) is 1. The minimum absolute atomic E-state index is 0.137. The standard InChI is InChI=1S/C34H27FN4/c35-20-19-31-33(36)27-6-1-3-8-29(27)38(31)25-15-11-23(12-16-25)22-24-13-17-26(18-14-24)39-30-9-4-2-7-28(30)34-32(39)10-5-21-37-34/h1-21,32,34H,22,36H2/b20-19-/t32-,34?/m1/s1. The number of allylic oxidation sites excluding steroid dienone is 1. The SMILES string of the molecule is Nc1c(/C=C\F)n(-c2ccc(Cc3ccc(N4c5ccccc5C5N=CC=C[C@H]54)cc3)cc2)c2ccccc12. The Morgan fingerprint density at radius 1 is 0.821 bits per heavy atom. The number of para-hydroxylation sites is 2. The Morgan fingerprint density at radius 3 is 2.28 bits per heavy atom. The number of aliphatic imine (C=N–C) groups is 1. The van der Waals surface area contributed by atoms with Gasteiger partial charge in [0.25, 0.3) is 0 Å². The second-order valence-electron chi connectivity index (χ2n) is 10.0. The van der Waals surface area contributed by atoms with Crippen molar-refractivity contribution in [1.29, 1.82) is 0 Å². The average Bonchev–Trinajstić information content (AvgIpc) is 3.46. The molecule has 4 nitrogen and oxygen atoms in total. The van der Waals surface area contributed by atoms with Gasteiger partial charge in [-0.15, -0.1) is 0 Å². The van der Waals surface area contributed by atoms with E-state index in [2.05, 4.69) is 83.8 Å². The van der Waals surface area contributed by atoms with Crippen LogP contribution < -0.4 is 10.6 Å². The first-order valence-corrected chi connectivity index (χ1v) is 13.1. The molecule has 0 radical (unpaired) electrons. The summed E-state index contributed by atoms with van der Waals surface area (Å²) in [6.07, 6.45) is 8.96. The van der Waals surface area contributed by atoms with E-state index < -0.39 is 0 Å². The van der Waals surface area contributed by atoms with Gasteiger partial charge in [0.1, 0.15) is 6.04 Å². The predicted octanol–water partition coefficient (Wildman–Crippen LogP) is 7.95. The molecule has 0 spiro atoms. The van der Waals surface area contributed by atoms with Crippen LogP contribution in [-0.2, 0) is 6.42 Å². The summed E-state index contributed by atoms with van der Waals surface area (Å²) in [6.45, 7) is 0. The van der Waals surface area contributed by atoms with Gasteiger partial charge in [0.15, 0.2) is 0 Å². The predicted molar refractivity (Wildman–Crippen MR) is 160 cm³/mol. The van der Waals surface area contributed by atoms with Gasteiger partial charge in [-0.25, -0.2) is 4.39 Å². The van der Waals surface area contributed by atoms with Crippen LogP contribution in [0.3, 0.4) is 0 Å². The molecule has 2 aliphatic rings. The number of nitrogen functional groups attached to an aromatic ring is 1. The van der Waals surface area contributed by atoms with E-state index in [1.54, 1.807) is 0 Å². The van der Waals surface area contributed by atoms with E-state index in [1.807, 2.05) is 41.1 Å². The monoisotopic (exact) mass is 510 g/mol. The quantitative estimate of drug-likeness (QED) is 0.261. The molecule has 0 bridgehead atoms. The zero-order chi connectivity index (χ0) is 26.3. The van der Waals surface area contributed by atoms with E-state index in [4.69, 9.17) is 10.7 Å². The molecule has 0 saturated heterocycles. The third-order valence-electron chi connectivity index (χ3n) is 7.77. The first kappa shape index (κ1) is 23.2. The van der Waals surface area contributed by atoms with Crippen LogP contribution >= 0.6 is 0 Å². The Bertz CT molecular complexity index is 1760. The minimum atomic E-state index is 0.137. The maximum absolute atomic E-state index is 13.2. The summed E-state index contributed by atoms with van der Waals surface area (Å²) < 4.78 is 15.2. The molecular formula is C34H27FN4. The number of aromatic nitrogens is 1. The molecule has 4 aromatic carbocycles. The van der Waals surface area contributed by atoms with Crippen molar-refractivity contribution in [1.82, 2.24) is 4.57 Å². The highest BCUT2D eigenvalue weighted by Crippen LogP contribution is 2.47. The first-order valence-electron chi connectivity index (χ1n) is 13.1. The highest BCUT2D eigenvalue weighted by molar-refractivity contribution is 5.98. The summed E-state index contributed by atoms with van der Waals surface area (Å²) in [4.78, 5) is 7.15. The Hall–Kier alpha value is -4.90. The molecule has 5 aromatic rings. The first-order chi connectivity index (χ1) is 19.2. The summed E-state index contributed by atoms with van der Waals surface area (Å²) in [5, 5.41) is 0.914. The summed E-state index contributed by atoms with van der Waals surface area (Å²) in [6, 6.07) is 34.0. The number of halogens is 1. The van der Waals surface area contributed by atoms with Crippen molar-refractivity contribution >= 4 is 40.3 Å². The number of nitrogens with two attached hydrogens (primary N) is 1. The summed E-state index contributed by atoms with van der Waals surface area (Å²) in [5.41, 5.74) is 15.6. The molecule has 2 atom stereocenters. The van der Waals surface area contributed by atoms with Crippen molar-refractivity contribution < 1.29 is 4.39 Å². The van der Waals surface area contributed by atoms with Crippen molar-refractivity contribution in [3.05, 3.63) is 138 Å². The molecule has 2 N–H and O–H groups in total. The van der Waals surface area contributed by atoms with Crippen LogP contribution in [0.2, 0.25) is 0 Å². The fourth-order valence-corrected chi connectivity index (χ4v) is 5.98. The summed E-state index contributed by atoms with van der Waals surface area (Å²) >= 11 is 0. The third-order valence-corrected chi connectivity index (χ3v) is 7.77. The highest BCUT2D eigenvalue weighted by Gasteiger charge is 2.38. The molecule has 1 unspecified atom stereocenters. The lowest BCUT2D eigenvalue weighted by Gasteiger charge is -2.28. The van der Waals surface area contributed by atoms with Crippen molar-refractivity contribution in [2.24, 2.45) is 4.99 Å². The maximum Gasteiger partial charge on any atom is 0.101 e. The van der Waals surface area contributed by atoms with E-state index in [0.717, 1.165) is 23.0 Å². The van der Waals surface area contributed by atoms with Crippen molar-refractivity contribution in [2.45, 2.75) is 18.5 Å². The second-order valence-corrected chi connectivity index (χ2v) is 10.0. The van der Waals surface area contributed by atoms with E-state index >= 15 is 0 Å². The molecular weight excluding hydrogens is 483 g/mol. The zero-order valence-electron chi connectivity index (χ0n) is 21.3. The molecule has 7 rings (SSSR count). The van der Waals surface area contributed by atoms with E-state index in [1.165, 1.54) is 34.1 Å². The van der Waals surface area contributed by atoms with E-state index in [-0.39, 0.29) is 12.1 Å². The Labute approximate surface area is 226 Å². The van der Waals surface area contributed by atoms with Gasteiger partial charge in [-0.2, -0.15) is 0 Å². The summed E-state index contributed by atoms with van der Waals surface area (Å²) in [5.74, 6) is 0. The van der Waals surface area contributed by atoms with Crippen molar-refractivity contribution in [2.75, 3.05) is 10.6 Å². The summed E-state index contributed by atoms with van der Waals surface area (Å²) in [7, 11) is 0. The second kappa shape index (κ2) is 9.44. The lowest BCUT2D eigenvalue weighted by Crippen LogP contribution is -2.28. The number of dihydropyridines is 1. The van der Waals surface area contributed by atoms with Gasteiger partial charge in [0, 0.05) is 34.2 Å². The molecule has 2 aliphatic heterocycles. The number of hydrogen-bond acceptors (Lipinski definition) is 3. The van der Waals surface area contributed by atoms with Crippen LogP contribution in [0.4, 0.5) is 21.5 Å². The van der Waals surface area contributed by atoms with Gasteiger partial charge < -0.3 is 15.2 Å². The lowest BCUT2D eigenvalue weighted by molar-refractivity contribution is 0.667. The van der Waals surface area contributed by atoms with Crippen LogP contribution in [0, 0.1) is 0 Å². The normalized spacial score (nSPS) is 17.7. The van der Waals surface area contributed by atoms with Crippen LogP contribution in [0.1, 0.15) is 28.4 Å². The Balaban J connectivity index is 1.15. The van der Waals surface area contributed by atoms with E-state index in [0.29, 0.717) is 17.7 Å². The lowest BCUT2D eigenvalue weighted by atomic mass is 10.0. The van der Waals surface area contributed by atoms with Gasteiger partial charge in [0.05, 0.1) is 29.3 Å². The number of rotatable bonds is 5. The number of nitrogens with zero attached hydrogens (tertiary/aromatic N) is 3. The van der Waals surface area contributed by atoms with E-state index in [9.17, 15) is 4.39 Å². The average molecular weight is 511 g/mol. The zero-order valence-corrected chi connectivity index (χ0v) is 21.3. The molecule has 1 aromatic heterocycles. The van der Waals surface area contributed by atoms with Gasteiger partial charge in [-0.05, 0) is 66.1 Å². The van der Waals surface area contributed by atoms with Crippen LogP contribution in [0.5, 0.6) is 0 Å². The molecule has 190 valence electrons. The van der Waals surface area contributed by atoms with Crippen LogP contribution in [-0.4, -0.2) is 16.8 Å². The molecule has 0 saturated carbocycles. The molecule has 0 aliphatic carbocycles. The smallest absolute Gasteiger partial charge is 0.101 e. The number of benzene rings is 4. The number of fused-ring (bicyclic) bond motifs is 4. The Morgan fingerprint density at radius 2 is 1.51 bits per heavy atom. The Kier molecular flexibility index (Phi) is 5.63.